The van der Waals surface area contributed by atoms with E-state index in [1.54, 1.807) is 0 Å². The van der Waals surface area contributed by atoms with Crippen LogP contribution in [0.15, 0.2) is 0 Å². The average molecular weight is 162 g/mol. The molecular formula is C3H6F4N2O. The van der Waals surface area contributed by atoms with Gasteiger partial charge in [-0.25, -0.2) is 0 Å². The highest BCUT2D eigenvalue weighted by Crippen LogP contribution is 2.03. The van der Waals surface area contributed by atoms with Gasteiger partial charge in [-0.05, 0) is 0 Å². The minimum absolute atomic E-state index is 1.00. The minimum Gasteiger partial charge on any atom is -0.394 e. The molecule has 10 heavy (non-hydrogen) atoms. The number of nitrogens with zero attached hydrogens (tertiary/aromatic N) is 2. The summed E-state index contributed by atoms with van der Waals surface area (Å²) >= 11 is 0. The molecule has 0 radical (unpaired) electrons. The topological polar surface area (TPSA) is 26.7 Å². The van der Waals surface area contributed by atoms with E-state index in [4.69, 9.17) is 5.11 Å². The zero-order valence-corrected chi connectivity index (χ0v) is 4.85. The van der Waals surface area contributed by atoms with Crippen LogP contribution in [0.5, 0.6) is 0 Å². The molecule has 0 saturated carbocycles. The van der Waals surface area contributed by atoms with Crippen LogP contribution in [0, 0.1) is 0 Å². The van der Waals surface area contributed by atoms with Crippen LogP contribution >= 0.6 is 0 Å². The Hall–Kier alpha value is -0.400. The molecule has 0 heterocycles. The Balaban J connectivity index is 3.60. The molecule has 0 aromatic heterocycles. The highest BCUT2D eigenvalue weighted by atomic mass is 19.4. The van der Waals surface area contributed by atoms with Crippen molar-refractivity contribution in [3.63, 3.8) is 0 Å². The molecule has 1 atom stereocenters. The molecular weight excluding hydrogens is 156 g/mol. The zero-order valence-electron chi connectivity index (χ0n) is 4.85. The zero-order chi connectivity index (χ0) is 8.15. The molecule has 0 fully saturated rings. The highest BCUT2D eigenvalue weighted by molar-refractivity contribution is 4.58. The summed E-state index contributed by atoms with van der Waals surface area (Å²) in [5.74, 6) is 0. The summed E-state index contributed by atoms with van der Waals surface area (Å²) in [7, 11) is 0. The van der Waals surface area contributed by atoms with Crippen LogP contribution in [-0.2, 0) is 0 Å². The normalized spacial score (nSPS) is 14.7. The summed E-state index contributed by atoms with van der Waals surface area (Å²) < 4.78 is 45.1. The second-order valence-corrected chi connectivity index (χ2v) is 1.58. The largest absolute Gasteiger partial charge is 0.394 e. The van der Waals surface area contributed by atoms with Gasteiger partial charge in [-0.3, -0.25) is 0 Å². The predicted molar refractivity (Wildman–Crippen MR) is 23.9 cm³/mol. The highest BCUT2D eigenvalue weighted by Gasteiger charge is 2.20. The van der Waals surface area contributed by atoms with Crippen LogP contribution in [0.3, 0.4) is 0 Å². The van der Waals surface area contributed by atoms with Crippen LogP contribution in [0.2, 0.25) is 0 Å². The molecule has 0 spiro atoms. The molecule has 0 aliphatic heterocycles. The lowest BCUT2D eigenvalue weighted by Crippen LogP contribution is -2.33. The van der Waals surface area contributed by atoms with Crippen molar-refractivity contribution >= 4 is 0 Å². The van der Waals surface area contributed by atoms with Crippen LogP contribution in [0.4, 0.5) is 17.9 Å². The van der Waals surface area contributed by atoms with E-state index in [2.05, 4.69) is 0 Å². The maximum Gasteiger partial charge on any atom is 0.114 e. The molecule has 0 rings (SSSR count). The fourth-order valence-corrected chi connectivity index (χ4v) is 0.340. The van der Waals surface area contributed by atoms with Crippen molar-refractivity contribution in [1.29, 1.82) is 0 Å². The maximum atomic E-state index is 11.4. The summed E-state index contributed by atoms with van der Waals surface area (Å²) in [6, 6.07) is -1.82. The molecule has 0 aromatic rings. The van der Waals surface area contributed by atoms with E-state index in [0.717, 1.165) is 0 Å². The van der Waals surface area contributed by atoms with Crippen molar-refractivity contribution in [2.45, 2.75) is 6.04 Å². The molecule has 0 aromatic carbocycles. The second kappa shape index (κ2) is 4.42. The molecule has 0 bridgehead atoms. The van der Waals surface area contributed by atoms with Gasteiger partial charge in [0.05, 0.1) is 13.2 Å². The Morgan fingerprint density at radius 2 is 1.70 bits per heavy atom. The van der Waals surface area contributed by atoms with Gasteiger partial charge in [-0.2, -0.15) is 0 Å². The van der Waals surface area contributed by atoms with Gasteiger partial charge in [-0.1, -0.05) is 0 Å². The number of hydrogen-bond donors (Lipinski definition) is 1. The van der Waals surface area contributed by atoms with Gasteiger partial charge in [0, 0.05) is 10.7 Å². The van der Waals surface area contributed by atoms with Crippen molar-refractivity contribution in [2.75, 3.05) is 13.2 Å². The van der Waals surface area contributed by atoms with Crippen LogP contribution < -0.4 is 0 Å². The standard InChI is InChI=1S/C3H6F4N2O/c4-8(5)1-3(2-10)9(6)7/h3,10H,1-2H2. The molecule has 0 aliphatic rings. The second-order valence-electron chi connectivity index (χ2n) is 1.58. The Kier molecular flexibility index (Phi) is 4.24. The third-order valence-corrected chi connectivity index (χ3v) is 0.836. The van der Waals surface area contributed by atoms with E-state index < -0.39 is 29.9 Å². The Morgan fingerprint density at radius 3 is 1.80 bits per heavy atom. The third kappa shape index (κ3) is 3.59. The smallest absolute Gasteiger partial charge is 0.114 e. The predicted octanol–water partition coefficient (Wildman–Crippen LogP) is 0.489. The van der Waals surface area contributed by atoms with Crippen molar-refractivity contribution in [3.05, 3.63) is 0 Å². The summed E-state index contributed by atoms with van der Waals surface area (Å²) in [6.45, 7) is -2.18. The molecule has 62 valence electrons. The molecule has 7 heteroatoms. The van der Waals surface area contributed by atoms with Crippen molar-refractivity contribution in [1.82, 2.24) is 10.7 Å². The summed E-state index contributed by atoms with van der Waals surface area (Å²) in [5.41, 5.74) is 0. The number of aliphatic hydroxyl groups excluding tert-OH is 1. The van der Waals surface area contributed by atoms with Crippen molar-refractivity contribution < 1.29 is 23.0 Å². The molecule has 0 aliphatic carbocycles. The van der Waals surface area contributed by atoms with Crippen LogP contribution in [0.25, 0.3) is 0 Å². The average Bonchev–Trinajstić information content (AvgIpc) is 1.81. The van der Waals surface area contributed by atoms with E-state index in [-0.39, 0.29) is 0 Å². The lowest BCUT2D eigenvalue weighted by molar-refractivity contribution is -0.235. The quantitative estimate of drug-likeness (QED) is 0.481. The maximum absolute atomic E-state index is 11.4. The SMILES string of the molecule is OCC(CN(F)F)N(F)F. The minimum atomic E-state index is -1.82. The van der Waals surface area contributed by atoms with E-state index in [1.165, 1.54) is 0 Å². The summed E-state index contributed by atoms with van der Waals surface area (Å²) in [5, 5.41) is 5.20. The van der Waals surface area contributed by atoms with Crippen LogP contribution in [0.1, 0.15) is 0 Å². The molecule has 0 amide bonds. The molecule has 3 nitrogen and oxygen atoms in total. The first-order valence-electron chi connectivity index (χ1n) is 2.38. The Bertz CT molecular complexity index is 90.6. The fraction of sp³-hybridized carbons (Fsp3) is 1.00. The van der Waals surface area contributed by atoms with Gasteiger partial charge in [0.2, 0.25) is 0 Å². The van der Waals surface area contributed by atoms with E-state index in [9.17, 15) is 17.9 Å². The monoisotopic (exact) mass is 162 g/mol. The molecule has 1 N–H and O–H groups in total. The number of halogens is 4. The van der Waals surface area contributed by atoms with Crippen molar-refractivity contribution in [3.8, 4) is 0 Å². The van der Waals surface area contributed by atoms with Gasteiger partial charge in [0.1, 0.15) is 6.04 Å². The van der Waals surface area contributed by atoms with E-state index >= 15 is 0 Å². The number of hydrogen-bond acceptors (Lipinski definition) is 3. The molecule has 1 unspecified atom stereocenters. The van der Waals surface area contributed by atoms with Gasteiger partial charge < -0.3 is 5.11 Å². The Labute approximate surface area is 54.2 Å². The summed E-state index contributed by atoms with van der Waals surface area (Å²) in [6.07, 6.45) is 0. The van der Waals surface area contributed by atoms with E-state index in [0.29, 0.717) is 0 Å². The third-order valence-electron chi connectivity index (χ3n) is 0.836. The number of rotatable bonds is 4. The first-order valence-corrected chi connectivity index (χ1v) is 2.38. The lowest BCUT2D eigenvalue weighted by Gasteiger charge is -2.12. The van der Waals surface area contributed by atoms with Gasteiger partial charge >= 0.3 is 0 Å². The molecule has 0 saturated heterocycles. The first-order chi connectivity index (χ1) is 4.57. The first kappa shape index (κ1) is 9.60. The summed E-state index contributed by atoms with van der Waals surface area (Å²) in [4.78, 5) is 0. The van der Waals surface area contributed by atoms with Gasteiger partial charge in [0.15, 0.2) is 0 Å². The van der Waals surface area contributed by atoms with E-state index in [1.807, 2.05) is 0 Å². The van der Waals surface area contributed by atoms with Gasteiger partial charge in [-0.15, -0.1) is 17.9 Å². The lowest BCUT2D eigenvalue weighted by atomic mass is 10.3. The van der Waals surface area contributed by atoms with Crippen LogP contribution in [-0.4, -0.2) is 35.0 Å². The fourth-order valence-electron chi connectivity index (χ4n) is 0.340. The van der Waals surface area contributed by atoms with Crippen molar-refractivity contribution in [2.24, 2.45) is 0 Å². The van der Waals surface area contributed by atoms with Gasteiger partial charge in [0.25, 0.3) is 0 Å². The Morgan fingerprint density at radius 1 is 1.20 bits per heavy atom. The number of aliphatic hydroxyl groups is 1.